The van der Waals surface area contributed by atoms with Gasteiger partial charge in [0.25, 0.3) is 0 Å². The average molecular weight is 297 g/mol. The van der Waals surface area contributed by atoms with Gasteiger partial charge in [0.05, 0.1) is 6.54 Å². The van der Waals surface area contributed by atoms with Crippen molar-refractivity contribution in [2.24, 2.45) is 11.8 Å². The number of carbonyl (C=O) groups excluding carboxylic acids is 1. The Labute approximate surface area is 131 Å². The SMILES string of the molecule is CNC(=O)CN1CCC(NC(CC(C)C)CC(C)C)CC1. The minimum atomic E-state index is 0.124. The Morgan fingerprint density at radius 3 is 2.05 bits per heavy atom. The normalized spacial score (nSPS) is 17.9. The third kappa shape index (κ3) is 7.82. The fourth-order valence-electron chi connectivity index (χ4n) is 3.24. The molecule has 0 spiro atoms. The van der Waals surface area contributed by atoms with Crippen molar-refractivity contribution in [2.45, 2.75) is 65.5 Å². The van der Waals surface area contributed by atoms with Gasteiger partial charge in [-0.3, -0.25) is 9.69 Å². The molecule has 21 heavy (non-hydrogen) atoms. The highest BCUT2D eigenvalue weighted by molar-refractivity contribution is 5.77. The molecule has 4 heteroatoms. The molecule has 0 bridgehead atoms. The van der Waals surface area contributed by atoms with Gasteiger partial charge in [-0.05, 0) is 37.5 Å². The Hall–Kier alpha value is -0.610. The maximum Gasteiger partial charge on any atom is 0.233 e. The van der Waals surface area contributed by atoms with Crippen LogP contribution < -0.4 is 10.6 Å². The molecule has 1 aliphatic heterocycles. The summed E-state index contributed by atoms with van der Waals surface area (Å²) < 4.78 is 0. The number of nitrogens with one attached hydrogen (secondary N) is 2. The molecule has 1 heterocycles. The molecule has 0 aromatic carbocycles. The highest BCUT2D eigenvalue weighted by Crippen LogP contribution is 2.17. The Bertz CT molecular complexity index is 286. The van der Waals surface area contributed by atoms with Crippen LogP contribution in [0.2, 0.25) is 0 Å². The van der Waals surface area contributed by atoms with Crippen molar-refractivity contribution >= 4 is 5.91 Å². The Morgan fingerprint density at radius 1 is 1.10 bits per heavy atom. The quantitative estimate of drug-likeness (QED) is 0.722. The van der Waals surface area contributed by atoms with Crippen LogP contribution in [0.25, 0.3) is 0 Å². The average Bonchev–Trinajstić information content (AvgIpc) is 2.39. The van der Waals surface area contributed by atoms with Gasteiger partial charge in [-0.2, -0.15) is 0 Å². The van der Waals surface area contributed by atoms with E-state index in [-0.39, 0.29) is 5.91 Å². The van der Waals surface area contributed by atoms with E-state index in [1.807, 2.05) is 0 Å². The third-order valence-corrected chi connectivity index (χ3v) is 4.22. The fraction of sp³-hybridized carbons (Fsp3) is 0.941. The Kier molecular flexibility index (Phi) is 8.27. The lowest BCUT2D eigenvalue weighted by Crippen LogP contribution is -2.48. The number of amides is 1. The molecule has 0 atom stereocenters. The molecule has 1 saturated heterocycles. The van der Waals surface area contributed by atoms with E-state index in [2.05, 4.69) is 43.2 Å². The zero-order valence-electron chi connectivity index (χ0n) is 14.6. The summed E-state index contributed by atoms with van der Waals surface area (Å²) in [4.78, 5) is 13.7. The van der Waals surface area contributed by atoms with E-state index in [1.54, 1.807) is 7.05 Å². The first kappa shape index (κ1) is 18.4. The number of likely N-dealkylation sites (tertiary alicyclic amines) is 1. The van der Waals surface area contributed by atoms with Crippen molar-refractivity contribution in [3.8, 4) is 0 Å². The largest absolute Gasteiger partial charge is 0.358 e. The van der Waals surface area contributed by atoms with Crippen molar-refractivity contribution in [3.63, 3.8) is 0 Å². The van der Waals surface area contributed by atoms with Gasteiger partial charge >= 0.3 is 0 Å². The van der Waals surface area contributed by atoms with E-state index < -0.39 is 0 Å². The summed E-state index contributed by atoms with van der Waals surface area (Å²) in [5, 5.41) is 6.58. The van der Waals surface area contributed by atoms with Gasteiger partial charge in [-0.15, -0.1) is 0 Å². The van der Waals surface area contributed by atoms with E-state index in [9.17, 15) is 4.79 Å². The lowest BCUT2D eigenvalue weighted by molar-refractivity contribution is -0.122. The Balaban J connectivity index is 2.36. The summed E-state index contributed by atoms with van der Waals surface area (Å²) in [5.74, 6) is 1.61. The molecule has 0 aromatic heterocycles. The molecule has 0 aromatic rings. The smallest absolute Gasteiger partial charge is 0.233 e. The third-order valence-electron chi connectivity index (χ3n) is 4.22. The number of nitrogens with zero attached hydrogens (tertiary/aromatic N) is 1. The van der Waals surface area contributed by atoms with Gasteiger partial charge in [0.15, 0.2) is 0 Å². The van der Waals surface area contributed by atoms with Gasteiger partial charge in [-0.25, -0.2) is 0 Å². The molecule has 1 aliphatic rings. The van der Waals surface area contributed by atoms with Crippen molar-refractivity contribution in [1.82, 2.24) is 15.5 Å². The van der Waals surface area contributed by atoms with E-state index in [0.717, 1.165) is 37.8 Å². The van der Waals surface area contributed by atoms with Crippen LogP contribution in [0.5, 0.6) is 0 Å². The number of hydrogen-bond donors (Lipinski definition) is 2. The maximum atomic E-state index is 11.4. The standard InChI is InChI=1S/C17H35N3O/c1-13(2)10-16(11-14(3)4)19-15-6-8-20(9-7-15)12-17(21)18-5/h13-16,19H,6-12H2,1-5H3,(H,18,21). The predicted octanol–water partition coefficient (Wildman–Crippen LogP) is 2.25. The van der Waals surface area contributed by atoms with Crippen molar-refractivity contribution < 1.29 is 4.79 Å². The summed E-state index contributed by atoms with van der Waals surface area (Å²) in [6, 6.07) is 1.26. The second-order valence-corrected chi connectivity index (χ2v) is 7.35. The van der Waals surface area contributed by atoms with Gasteiger partial charge in [0.1, 0.15) is 0 Å². The molecule has 1 amide bonds. The Morgan fingerprint density at radius 2 is 1.62 bits per heavy atom. The predicted molar refractivity (Wildman–Crippen MR) is 89.4 cm³/mol. The summed E-state index contributed by atoms with van der Waals surface area (Å²) >= 11 is 0. The topological polar surface area (TPSA) is 44.4 Å². The van der Waals surface area contributed by atoms with Crippen molar-refractivity contribution in [2.75, 3.05) is 26.7 Å². The minimum Gasteiger partial charge on any atom is -0.358 e. The molecule has 0 unspecified atom stereocenters. The van der Waals surface area contributed by atoms with Crippen LogP contribution in [-0.4, -0.2) is 49.6 Å². The van der Waals surface area contributed by atoms with Crippen molar-refractivity contribution in [1.29, 1.82) is 0 Å². The molecule has 0 radical (unpaired) electrons. The van der Waals surface area contributed by atoms with E-state index in [4.69, 9.17) is 0 Å². The van der Waals surface area contributed by atoms with E-state index >= 15 is 0 Å². The first-order valence-corrected chi connectivity index (χ1v) is 8.59. The zero-order chi connectivity index (χ0) is 15.8. The molecule has 1 rings (SSSR count). The van der Waals surface area contributed by atoms with Crippen LogP contribution in [-0.2, 0) is 4.79 Å². The molecule has 2 N–H and O–H groups in total. The molecular formula is C17H35N3O. The fourth-order valence-corrected chi connectivity index (χ4v) is 3.24. The number of likely N-dealkylation sites (N-methyl/N-ethyl adjacent to an activating group) is 1. The van der Waals surface area contributed by atoms with E-state index in [1.165, 1.54) is 12.8 Å². The maximum absolute atomic E-state index is 11.4. The molecule has 0 aliphatic carbocycles. The number of carbonyl (C=O) groups is 1. The second kappa shape index (κ2) is 9.42. The molecular weight excluding hydrogens is 262 g/mol. The first-order chi connectivity index (χ1) is 9.90. The molecule has 124 valence electrons. The van der Waals surface area contributed by atoms with Crippen LogP contribution >= 0.6 is 0 Å². The zero-order valence-corrected chi connectivity index (χ0v) is 14.6. The lowest BCUT2D eigenvalue weighted by atomic mass is 9.93. The minimum absolute atomic E-state index is 0.124. The van der Waals surface area contributed by atoms with Gasteiger partial charge in [0, 0.05) is 32.2 Å². The van der Waals surface area contributed by atoms with Gasteiger partial charge in [-0.1, -0.05) is 27.7 Å². The van der Waals surface area contributed by atoms with Crippen molar-refractivity contribution in [3.05, 3.63) is 0 Å². The summed E-state index contributed by atoms with van der Waals surface area (Å²) in [6.45, 7) is 11.8. The first-order valence-electron chi connectivity index (χ1n) is 8.59. The summed E-state index contributed by atoms with van der Waals surface area (Å²) in [5.41, 5.74) is 0. The molecule has 4 nitrogen and oxygen atoms in total. The van der Waals surface area contributed by atoms with E-state index in [0.29, 0.717) is 18.6 Å². The van der Waals surface area contributed by atoms with Crippen LogP contribution in [0.1, 0.15) is 53.4 Å². The number of hydrogen-bond acceptors (Lipinski definition) is 3. The highest BCUT2D eigenvalue weighted by atomic mass is 16.1. The lowest BCUT2D eigenvalue weighted by Gasteiger charge is -2.35. The van der Waals surface area contributed by atoms with Crippen LogP contribution in [0, 0.1) is 11.8 Å². The van der Waals surface area contributed by atoms with Crippen LogP contribution in [0.4, 0.5) is 0 Å². The van der Waals surface area contributed by atoms with Gasteiger partial charge in [0.2, 0.25) is 5.91 Å². The van der Waals surface area contributed by atoms with Crippen LogP contribution in [0.3, 0.4) is 0 Å². The monoisotopic (exact) mass is 297 g/mol. The molecule has 0 saturated carbocycles. The number of rotatable bonds is 8. The second-order valence-electron chi connectivity index (χ2n) is 7.35. The van der Waals surface area contributed by atoms with Crippen LogP contribution in [0.15, 0.2) is 0 Å². The summed E-state index contributed by atoms with van der Waals surface area (Å²) in [6.07, 6.45) is 4.83. The van der Waals surface area contributed by atoms with Gasteiger partial charge < -0.3 is 10.6 Å². The summed E-state index contributed by atoms with van der Waals surface area (Å²) in [7, 11) is 1.71. The number of piperidine rings is 1. The molecule has 1 fully saturated rings. The highest BCUT2D eigenvalue weighted by Gasteiger charge is 2.23.